The molecule has 0 N–H and O–H groups in total. The Balaban J connectivity index is 1.71. The molecule has 1 aliphatic carbocycles. The molecule has 0 radical (unpaired) electrons. The second-order valence-corrected chi connectivity index (χ2v) is 5.35. The smallest absolute Gasteiger partial charge is 0.409 e. The maximum Gasteiger partial charge on any atom is 0.409 e. The average molecular weight is 239 g/mol. The molecule has 1 saturated heterocycles. The van der Waals surface area contributed by atoms with E-state index in [1.54, 1.807) is 4.90 Å². The fourth-order valence-electron chi connectivity index (χ4n) is 2.70. The second kappa shape index (κ2) is 5.07. The number of nitrogens with zero attached hydrogens (tertiary/aromatic N) is 1. The second-order valence-electron chi connectivity index (χ2n) is 5.35. The number of carbonyl (C=O) groups is 2. The Morgan fingerprint density at radius 3 is 2.53 bits per heavy atom. The van der Waals surface area contributed by atoms with Crippen LogP contribution in [0.4, 0.5) is 4.79 Å². The average Bonchev–Trinajstić information content (AvgIpc) is 2.28. The van der Waals surface area contributed by atoms with Crippen molar-refractivity contribution < 1.29 is 14.3 Å². The van der Waals surface area contributed by atoms with Crippen LogP contribution < -0.4 is 0 Å². The fraction of sp³-hybridized carbons (Fsp3) is 0.846. The summed E-state index contributed by atoms with van der Waals surface area (Å²) >= 11 is 0. The minimum atomic E-state index is -0.182. The third-order valence-electron chi connectivity index (χ3n) is 3.95. The predicted octanol–water partition coefficient (Wildman–Crippen LogP) is 2.37. The molecule has 0 aromatic carbocycles. The van der Waals surface area contributed by atoms with E-state index in [1.807, 2.05) is 0 Å². The van der Waals surface area contributed by atoms with E-state index >= 15 is 0 Å². The standard InChI is InChI=1S/C13H21NO3/c1-2-3-8-17-12(16)14-6-4-13(5-7-14)9-11(15)10-13/h2-10H2,1H3. The summed E-state index contributed by atoms with van der Waals surface area (Å²) in [5.74, 6) is 0.379. The summed E-state index contributed by atoms with van der Waals surface area (Å²) in [6.07, 6.45) is 5.16. The highest BCUT2D eigenvalue weighted by atomic mass is 16.6. The molecule has 1 aliphatic heterocycles. The van der Waals surface area contributed by atoms with Crippen molar-refractivity contribution in [2.45, 2.75) is 45.4 Å². The van der Waals surface area contributed by atoms with Crippen molar-refractivity contribution in [3.05, 3.63) is 0 Å². The van der Waals surface area contributed by atoms with E-state index in [-0.39, 0.29) is 11.5 Å². The minimum Gasteiger partial charge on any atom is -0.449 e. The number of likely N-dealkylation sites (tertiary alicyclic amines) is 1. The summed E-state index contributed by atoms with van der Waals surface area (Å²) in [5.41, 5.74) is 0.233. The van der Waals surface area contributed by atoms with Gasteiger partial charge in [-0.15, -0.1) is 0 Å². The first-order valence-electron chi connectivity index (χ1n) is 6.59. The van der Waals surface area contributed by atoms with Gasteiger partial charge in [0.1, 0.15) is 5.78 Å². The number of ketones is 1. The van der Waals surface area contributed by atoms with Gasteiger partial charge in [0.15, 0.2) is 0 Å². The van der Waals surface area contributed by atoms with Gasteiger partial charge in [0.05, 0.1) is 6.61 Å². The van der Waals surface area contributed by atoms with Crippen LogP contribution in [0.2, 0.25) is 0 Å². The summed E-state index contributed by atoms with van der Waals surface area (Å²) < 4.78 is 5.18. The molecule has 2 aliphatic rings. The van der Waals surface area contributed by atoms with E-state index in [1.165, 1.54) is 0 Å². The molecule has 0 aromatic rings. The van der Waals surface area contributed by atoms with Crippen LogP contribution in [0.5, 0.6) is 0 Å². The molecule has 4 nitrogen and oxygen atoms in total. The number of hydrogen-bond acceptors (Lipinski definition) is 3. The van der Waals surface area contributed by atoms with Gasteiger partial charge in [0.2, 0.25) is 0 Å². The summed E-state index contributed by atoms with van der Waals surface area (Å²) in [4.78, 5) is 24.5. The molecule has 96 valence electrons. The van der Waals surface area contributed by atoms with Crippen LogP contribution in [0.25, 0.3) is 0 Å². The Labute approximate surface area is 102 Å². The highest BCUT2D eigenvalue weighted by molar-refractivity contribution is 5.86. The number of piperidine rings is 1. The van der Waals surface area contributed by atoms with Gasteiger partial charge in [-0.25, -0.2) is 4.79 Å². The SMILES string of the molecule is CCCCOC(=O)N1CCC2(CC1)CC(=O)C2. The lowest BCUT2D eigenvalue weighted by molar-refractivity contribution is -0.135. The van der Waals surface area contributed by atoms with E-state index in [0.717, 1.165) is 51.6 Å². The van der Waals surface area contributed by atoms with E-state index in [2.05, 4.69) is 6.92 Å². The first-order valence-corrected chi connectivity index (χ1v) is 6.59. The summed E-state index contributed by atoms with van der Waals surface area (Å²) in [6.45, 7) is 4.10. The van der Waals surface area contributed by atoms with E-state index < -0.39 is 0 Å². The van der Waals surface area contributed by atoms with Crippen molar-refractivity contribution in [3.63, 3.8) is 0 Å². The van der Waals surface area contributed by atoms with Gasteiger partial charge >= 0.3 is 6.09 Å². The number of amides is 1. The zero-order valence-electron chi connectivity index (χ0n) is 10.5. The quantitative estimate of drug-likeness (QED) is 0.710. The van der Waals surface area contributed by atoms with Gasteiger partial charge in [-0.05, 0) is 24.7 Å². The van der Waals surface area contributed by atoms with Crippen molar-refractivity contribution in [1.82, 2.24) is 4.90 Å². The van der Waals surface area contributed by atoms with Gasteiger partial charge < -0.3 is 9.64 Å². The zero-order valence-corrected chi connectivity index (χ0v) is 10.5. The number of carbonyl (C=O) groups excluding carboxylic acids is 2. The molecule has 0 atom stereocenters. The molecule has 1 saturated carbocycles. The Kier molecular flexibility index (Phi) is 3.69. The maximum atomic E-state index is 11.7. The largest absolute Gasteiger partial charge is 0.449 e. The highest BCUT2D eigenvalue weighted by Crippen LogP contribution is 2.46. The highest BCUT2D eigenvalue weighted by Gasteiger charge is 2.45. The van der Waals surface area contributed by atoms with Gasteiger partial charge in [-0.3, -0.25) is 4.79 Å². The van der Waals surface area contributed by atoms with E-state index in [9.17, 15) is 9.59 Å². The summed E-state index contributed by atoms with van der Waals surface area (Å²) in [5, 5.41) is 0. The normalized spacial score (nSPS) is 22.4. The van der Waals surface area contributed by atoms with Gasteiger partial charge in [0.25, 0.3) is 0 Å². The van der Waals surface area contributed by atoms with Crippen LogP contribution in [-0.4, -0.2) is 36.5 Å². The van der Waals surface area contributed by atoms with Crippen LogP contribution in [0.15, 0.2) is 0 Å². The van der Waals surface area contributed by atoms with Crippen molar-refractivity contribution >= 4 is 11.9 Å². The first-order chi connectivity index (χ1) is 8.15. The third kappa shape index (κ3) is 2.79. The lowest BCUT2D eigenvalue weighted by Gasteiger charge is -2.46. The zero-order chi connectivity index (χ0) is 12.3. The van der Waals surface area contributed by atoms with Gasteiger partial charge in [-0.1, -0.05) is 13.3 Å². The monoisotopic (exact) mass is 239 g/mol. The van der Waals surface area contributed by atoms with Crippen LogP contribution in [0, 0.1) is 5.41 Å². The summed E-state index contributed by atoms with van der Waals surface area (Å²) in [7, 11) is 0. The van der Waals surface area contributed by atoms with Crippen LogP contribution in [0.3, 0.4) is 0 Å². The molecule has 2 rings (SSSR count). The van der Waals surface area contributed by atoms with E-state index in [4.69, 9.17) is 4.74 Å². The molecular weight excluding hydrogens is 218 g/mol. The molecular formula is C13H21NO3. The Hall–Kier alpha value is -1.06. The van der Waals surface area contributed by atoms with Crippen molar-refractivity contribution in [1.29, 1.82) is 0 Å². The van der Waals surface area contributed by atoms with Gasteiger partial charge in [0, 0.05) is 25.9 Å². The number of hydrogen-bond donors (Lipinski definition) is 0. The summed E-state index contributed by atoms with van der Waals surface area (Å²) in [6, 6.07) is 0. The number of unbranched alkanes of at least 4 members (excludes halogenated alkanes) is 1. The Morgan fingerprint density at radius 1 is 1.35 bits per heavy atom. The predicted molar refractivity (Wildman–Crippen MR) is 63.7 cm³/mol. The number of ether oxygens (including phenoxy) is 1. The molecule has 0 aromatic heterocycles. The molecule has 2 fully saturated rings. The number of rotatable bonds is 3. The molecule has 1 amide bonds. The van der Waals surface area contributed by atoms with Gasteiger partial charge in [-0.2, -0.15) is 0 Å². The van der Waals surface area contributed by atoms with Crippen molar-refractivity contribution in [2.24, 2.45) is 5.41 Å². The minimum absolute atomic E-state index is 0.182. The molecule has 1 heterocycles. The van der Waals surface area contributed by atoms with E-state index in [0.29, 0.717) is 12.4 Å². The molecule has 0 bridgehead atoms. The number of Topliss-reactive ketones (excluding diaryl/α,β-unsaturated/α-hetero) is 1. The molecule has 0 unspecified atom stereocenters. The van der Waals surface area contributed by atoms with Crippen molar-refractivity contribution in [2.75, 3.05) is 19.7 Å². The third-order valence-corrected chi connectivity index (χ3v) is 3.95. The molecule has 1 spiro atoms. The van der Waals surface area contributed by atoms with Crippen LogP contribution in [0.1, 0.15) is 45.4 Å². The van der Waals surface area contributed by atoms with Crippen LogP contribution in [-0.2, 0) is 9.53 Å². The fourth-order valence-corrected chi connectivity index (χ4v) is 2.70. The van der Waals surface area contributed by atoms with Crippen molar-refractivity contribution in [3.8, 4) is 0 Å². The topological polar surface area (TPSA) is 46.6 Å². The molecule has 4 heteroatoms. The first kappa shape index (κ1) is 12.4. The lowest BCUT2D eigenvalue weighted by atomic mass is 9.62. The van der Waals surface area contributed by atoms with Crippen LogP contribution >= 0.6 is 0 Å². The molecule has 17 heavy (non-hydrogen) atoms. The Morgan fingerprint density at radius 2 is 2.00 bits per heavy atom. The maximum absolute atomic E-state index is 11.7. The Bertz CT molecular complexity index is 296. The lowest BCUT2D eigenvalue weighted by Crippen LogP contribution is -2.49.